The highest BCUT2D eigenvalue weighted by Crippen LogP contribution is 2.20. The third kappa shape index (κ3) is 3.29. The van der Waals surface area contributed by atoms with E-state index in [0.717, 1.165) is 0 Å². The minimum atomic E-state index is -0.574. The third-order valence-electron chi connectivity index (χ3n) is 1.80. The quantitative estimate of drug-likeness (QED) is 0.469. The number of benzene rings is 1. The van der Waals surface area contributed by atoms with Crippen molar-refractivity contribution in [3.8, 4) is 0 Å². The van der Waals surface area contributed by atoms with Gasteiger partial charge in [0.2, 0.25) is 0 Å². The van der Waals surface area contributed by atoms with Gasteiger partial charge in [0.15, 0.2) is 0 Å². The second-order valence-electron chi connectivity index (χ2n) is 4.42. The predicted octanol–water partition coefficient (Wildman–Crippen LogP) is 3.35. The Labute approximate surface area is 94.1 Å². The van der Waals surface area contributed by atoms with Crippen LogP contribution in [0, 0.1) is 0 Å². The third-order valence-corrected chi connectivity index (χ3v) is 1.80. The average Bonchev–Trinajstić information content (AvgIpc) is 2.16. The Morgan fingerprint density at radius 3 is 2.56 bits per heavy atom. The van der Waals surface area contributed by atoms with Crippen LogP contribution in [0.4, 0.5) is 5.69 Å². The van der Waals surface area contributed by atoms with Gasteiger partial charge in [0, 0.05) is 21.7 Å². The zero-order valence-corrected chi connectivity index (χ0v) is 9.56. The van der Waals surface area contributed by atoms with Crippen LogP contribution in [0.2, 0.25) is 0 Å². The lowest BCUT2D eigenvalue weighted by Gasteiger charge is -2.23. The van der Waals surface area contributed by atoms with E-state index in [9.17, 15) is 4.79 Å². The van der Waals surface area contributed by atoms with E-state index in [4.69, 9.17) is 5.53 Å². The van der Waals surface area contributed by atoms with Crippen molar-refractivity contribution in [3.05, 3.63) is 40.3 Å². The molecule has 0 bridgehead atoms. The van der Waals surface area contributed by atoms with E-state index in [1.807, 2.05) is 26.8 Å². The minimum absolute atomic E-state index is 0.160. The van der Waals surface area contributed by atoms with Gasteiger partial charge in [-0.15, -0.1) is 0 Å². The van der Waals surface area contributed by atoms with Crippen LogP contribution in [0.3, 0.4) is 0 Å². The number of hydrogen-bond donors (Lipinski definition) is 1. The Balaban J connectivity index is 3.10. The second-order valence-corrected chi connectivity index (χ2v) is 4.42. The molecule has 0 saturated carbocycles. The molecule has 5 nitrogen and oxygen atoms in total. The van der Waals surface area contributed by atoms with E-state index >= 15 is 0 Å². The number of azide groups is 1. The molecule has 0 spiro atoms. The Bertz CT molecular complexity index is 442. The summed E-state index contributed by atoms with van der Waals surface area (Å²) in [7, 11) is 0. The maximum Gasteiger partial charge on any atom is 0.251 e. The fourth-order valence-electron chi connectivity index (χ4n) is 1.28. The first-order chi connectivity index (χ1) is 7.44. The molecule has 1 amide bonds. The van der Waals surface area contributed by atoms with E-state index in [0.29, 0.717) is 11.3 Å². The number of rotatable bonds is 2. The van der Waals surface area contributed by atoms with Crippen LogP contribution in [0.15, 0.2) is 29.4 Å². The van der Waals surface area contributed by atoms with Crippen LogP contribution in [-0.4, -0.2) is 11.4 Å². The summed E-state index contributed by atoms with van der Waals surface area (Å²) in [5, 5.41) is 6.27. The normalized spacial score (nSPS) is 10.4. The van der Waals surface area contributed by atoms with Gasteiger partial charge in [-0.1, -0.05) is 12.1 Å². The molecule has 0 saturated heterocycles. The number of amides is 1. The minimum Gasteiger partial charge on any atom is -0.380 e. The van der Waals surface area contributed by atoms with Crippen LogP contribution < -0.4 is 5.32 Å². The predicted molar refractivity (Wildman–Crippen MR) is 63.3 cm³/mol. The fourth-order valence-corrected chi connectivity index (χ4v) is 1.28. The lowest BCUT2D eigenvalue weighted by molar-refractivity contribution is 0.100. The molecule has 0 heterocycles. The summed E-state index contributed by atoms with van der Waals surface area (Å²) in [5.41, 5.74) is 9.14. The molecule has 1 aromatic rings. The van der Waals surface area contributed by atoms with Gasteiger partial charge in [0.05, 0.1) is 0 Å². The lowest BCUT2D eigenvalue weighted by Crippen LogP contribution is -2.27. The lowest BCUT2D eigenvalue weighted by atomic mass is 10.1. The first kappa shape index (κ1) is 12.1. The highest BCUT2D eigenvalue weighted by Gasteiger charge is 2.14. The molecule has 0 aromatic heterocycles. The molecule has 0 aliphatic heterocycles. The summed E-state index contributed by atoms with van der Waals surface area (Å²) in [6, 6.07) is 6.96. The SMILES string of the molecule is CC(C)(C)Nc1ccccc1C(=O)N=[N+]=[N-]. The van der Waals surface area contributed by atoms with Gasteiger partial charge >= 0.3 is 0 Å². The Morgan fingerprint density at radius 1 is 1.38 bits per heavy atom. The van der Waals surface area contributed by atoms with Gasteiger partial charge in [-0.25, -0.2) is 0 Å². The monoisotopic (exact) mass is 218 g/mol. The number of nitrogens with one attached hydrogen (secondary N) is 1. The summed E-state index contributed by atoms with van der Waals surface area (Å²) >= 11 is 0. The Morgan fingerprint density at radius 2 is 2.00 bits per heavy atom. The molecular weight excluding hydrogens is 204 g/mol. The first-order valence-electron chi connectivity index (χ1n) is 4.91. The maximum absolute atomic E-state index is 11.5. The molecule has 1 aromatic carbocycles. The highest BCUT2D eigenvalue weighted by molar-refractivity contribution is 6.00. The number of nitrogens with zero attached hydrogens (tertiary/aromatic N) is 3. The molecule has 1 N–H and O–H groups in total. The van der Waals surface area contributed by atoms with Crippen molar-refractivity contribution < 1.29 is 4.79 Å². The van der Waals surface area contributed by atoms with E-state index in [1.54, 1.807) is 18.2 Å². The summed E-state index contributed by atoms with van der Waals surface area (Å²) in [6.07, 6.45) is 0. The van der Waals surface area contributed by atoms with Crippen molar-refractivity contribution in [1.82, 2.24) is 0 Å². The standard InChI is InChI=1S/C11H14N4O/c1-11(2,3)13-9-7-5-4-6-8(9)10(16)14-15-12/h4-7,13H,1-3H3. The Hall–Kier alpha value is -2.00. The topological polar surface area (TPSA) is 77.9 Å². The van der Waals surface area contributed by atoms with Gasteiger partial charge in [-0.05, 0) is 43.5 Å². The smallest absolute Gasteiger partial charge is 0.251 e. The molecule has 5 heteroatoms. The molecule has 0 radical (unpaired) electrons. The zero-order chi connectivity index (χ0) is 12.2. The van der Waals surface area contributed by atoms with Crippen molar-refractivity contribution in [2.45, 2.75) is 26.3 Å². The molecule has 0 unspecified atom stereocenters. The Kier molecular flexibility index (Phi) is 3.53. The summed E-state index contributed by atoms with van der Waals surface area (Å²) in [4.78, 5) is 14.0. The molecule has 16 heavy (non-hydrogen) atoms. The number of carbonyl (C=O) groups is 1. The van der Waals surface area contributed by atoms with E-state index in [2.05, 4.69) is 15.3 Å². The summed E-state index contributed by atoms with van der Waals surface area (Å²) < 4.78 is 0. The van der Waals surface area contributed by atoms with Crippen LogP contribution in [0.5, 0.6) is 0 Å². The van der Waals surface area contributed by atoms with Crippen molar-refractivity contribution in [2.24, 2.45) is 5.11 Å². The summed E-state index contributed by atoms with van der Waals surface area (Å²) in [5.74, 6) is -0.574. The van der Waals surface area contributed by atoms with Crippen LogP contribution in [-0.2, 0) is 0 Å². The number of hydrogen-bond acceptors (Lipinski definition) is 2. The maximum atomic E-state index is 11.5. The van der Waals surface area contributed by atoms with Gasteiger partial charge in [0.1, 0.15) is 0 Å². The van der Waals surface area contributed by atoms with Gasteiger partial charge in [-0.2, -0.15) is 0 Å². The van der Waals surface area contributed by atoms with Crippen molar-refractivity contribution in [3.63, 3.8) is 0 Å². The second kappa shape index (κ2) is 4.68. The van der Waals surface area contributed by atoms with Crippen LogP contribution in [0.1, 0.15) is 31.1 Å². The highest BCUT2D eigenvalue weighted by atomic mass is 16.1. The number of para-hydroxylation sites is 1. The van der Waals surface area contributed by atoms with Gasteiger partial charge in [0.25, 0.3) is 5.91 Å². The zero-order valence-electron chi connectivity index (χ0n) is 9.56. The van der Waals surface area contributed by atoms with E-state index in [-0.39, 0.29) is 5.54 Å². The van der Waals surface area contributed by atoms with Crippen LogP contribution >= 0.6 is 0 Å². The van der Waals surface area contributed by atoms with Crippen LogP contribution in [0.25, 0.3) is 10.4 Å². The largest absolute Gasteiger partial charge is 0.380 e. The molecule has 0 atom stereocenters. The van der Waals surface area contributed by atoms with E-state index in [1.165, 1.54) is 0 Å². The van der Waals surface area contributed by atoms with Crippen molar-refractivity contribution in [2.75, 3.05) is 5.32 Å². The molecule has 0 aliphatic carbocycles. The van der Waals surface area contributed by atoms with Gasteiger partial charge in [-0.3, -0.25) is 4.79 Å². The molecule has 0 fully saturated rings. The van der Waals surface area contributed by atoms with Crippen molar-refractivity contribution in [1.29, 1.82) is 0 Å². The fraction of sp³-hybridized carbons (Fsp3) is 0.364. The molecular formula is C11H14N4O. The molecule has 0 aliphatic rings. The van der Waals surface area contributed by atoms with Gasteiger partial charge < -0.3 is 5.32 Å². The van der Waals surface area contributed by atoms with E-state index < -0.39 is 5.91 Å². The number of anilines is 1. The average molecular weight is 218 g/mol. The summed E-state index contributed by atoms with van der Waals surface area (Å²) in [6.45, 7) is 5.96. The van der Waals surface area contributed by atoms with Crippen molar-refractivity contribution >= 4 is 11.6 Å². The molecule has 1 rings (SSSR count). The number of carbonyl (C=O) groups excluding carboxylic acids is 1. The first-order valence-corrected chi connectivity index (χ1v) is 4.91. The molecule has 84 valence electrons.